The van der Waals surface area contributed by atoms with Gasteiger partial charge < -0.3 is 19.7 Å². The summed E-state index contributed by atoms with van der Waals surface area (Å²) in [4.78, 5) is 26.1. The van der Waals surface area contributed by atoms with E-state index in [1.807, 2.05) is 0 Å². The molecule has 0 aromatic heterocycles. The van der Waals surface area contributed by atoms with Gasteiger partial charge in [0.2, 0.25) is 11.8 Å². The largest absolute Gasteiger partial charge is 0.354 e. The molecular formula is C18H26N2O4. The van der Waals surface area contributed by atoms with Crippen molar-refractivity contribution < 1.29 is 19.1 Å². The topological polar surface area (TPSA) is 67.9 Å². The molecule has 1 aromatic rings. The Labute approximate surface area is 143 Å². The van der Waals surface area contributed by atoms with Crippen LogP contribution in [0.4, 0.5) is 0 Å². The quantitative estimate of drug-likeness (QED) is 0.724. The van der Waals surface area contributed by atoms with Crippen LogP contribution in [0, 0.1) is 12.8 Å². The Morgan fingerprint density at radius 2 is 1.96 bits per heavy atom. The normalized spacial score (nSPS) is 17.6. The lowest BCUT2D eigenvalue weighted by atomic mass is 10.1. The molecule has 0 bridgehead atoms. The highest BCUT2D eigenvalue weighted by molar-refractivity contribution is 5.89. The van der Waals surface area contributed by atoms with Crippen molar-refractivity contribution in [3.05, 3.63) is 35.4 Å². The number of rotatable bonds is 8. The molecule has 1 N–H and O–H groups in total. The fourth-order valence-electron chi connectivity index (χ4n) is 2.77. The first-order valence-electron chi connectivity index (χ1n) is 8.20. The number of carbonyl (C=O) groups excluding carboxylic acids is 2. The van der Waals surface area contributed by atoms with Gasteiger partial charge in [0.25, 0.3) is 0 Å². The van der Waals surface area contributed by atoms with Gasteiger partial charge in [0.1, 0.15) is 0 Å². The molecule has 1 aliphatic heterocycles. The second-order valence-corrected chi connectivity index (χ2v) is 6.12. The number of amides is 2. The minimum atomic E-state index is -0.469. The molecule has 132 valence electrons. The van der Waals surface area contributed by atoms with E-state index in [0.29, 0.717) is 13.1 Å². The first-order valence-corrected chi connectivity index (χ1v) is 8.20. The van der Waals surface area contributed by atoms with Crippen molar-refractivity contribution in [1.29, 1.82) is 0 Å². The third-order valence-electron chi connectivity index (χ3n) is 4.35. The molecule has 0 aliphatic carbocycles. The summed E-state index contributed by atoms with van der Waals surface area (Å²) in [7, 11) is 3.04. The van der Waals surface area contributed by atoms with E-state index in [0.717, 1.165) is 6.42 Å². The van der Waals surface area contributed by atoms with Gasteiger partial charge in [-0.1, -0.05) is 29.8 Å². The van der Waals surface area contributed by atoms with E-state index in [4.69, 9.17) is 9.47 Å². The zero-order valence-electron chi connectivity index (χ0n) is 14.6. The van der Waals surface area contributed by atoms with Crippen molar-refractivity contribution in [1.82, 2.24) is 10.2 Å². The van der Waals surface area contributed by atoms with E-state index < -0.39 is 6.29 Å². The van der Waals surface area contributed by atoms with Gasteiger partial charge in [-0.25, -0.2) is 0 Å². The number of carbonyl (C=O) groups is 2. The van der Waals surface area contributed by atoms with Crippen molar-refractivity contribution in [3.8, 4) is 0 Å². The minimum Gasteiger partial charge on any atom is -0.354 e. The van der Waals surface area contributed by atoms with E-state index in [2.05, 4.69) is 36.5 Å². The number of likely N-dealkylation sites (tertiary alicyclic amines) is 1. The van der Waals surface area contributed by atoms with Crippen LogP contribution in [0.3, 0.4) is 0 Å². The summed E-state index contributed by atoms with van der Waals surface area (Å²) >= 11 is 0. The number of nitrogens with zero attached hydrogens (tertiary/aromatic N) is 1. The van der Waals surface area contributed by atoms with Gasteiger partial charge in [0.05, 0.1) is 12.5 Å². The molecule has 1 atom stereocenters. The van der Waals surface area contributed by atoms with Crippen LogP contribution >= 0.6 is 0 Å². The number of ether oxygens (including phenoxy) is 2. The van der Waals surface area contributed by atoms with E-state index in [-0.39, 0.29) is 30.7 Å². The highest BCUT2D eigenvalue weighted by Gasteiger charge is 2.34. The predicted molar refractivity (Wildman–Crippen MR) is 90.4 cm³/mol. The van der Waals surface area contributed by atoms with Gasteiger partial charge in [-0.15, -0.1) is 0 Å². The molecule has 6 nitrogen and oxygen atoms in total. The molecule has 1 heterocycles. The van der Waals surface area contributed by atoms with Crippen molar-refractivity contribution in [2.75, 3.05) is 33.9 Å². The predicted octanol–water partition coefficient (Wildman–Crippen LogP) is 1.12. The smallest absolute Gasteiger partial charge is 0.225 e. The van der Waals surface area contributed by atoms with Crippen molar-refractivity contribution in [2.24, 2.45) is 5.92 Å². The fourth-order valence-corrected chi connectivity index (χ4v) is 2.77. The Morgan fingerprint density at radius 1 is 1.29 bits per heavy atom. The van der Waals surface area contributed by atoms with Crippen LogP contribution < -0.4 is 5.32 Å². The van der Waals surface area contributed by atoms with Gasteiger partial charge in [-0.05, 0) is 18.9 Å². The molecule has 24 heavy (non-hydrogen) atoms. The molecule has 1 aliphatic rings. The lowest BCUT2D eigenvalue weighted by molar-refractivity contribution is -0.131. The van der Waals surface area contributed by atoms with Crippen LogP contribution in [-0.2, 0) is 25.5 Å². The standard InChI is InChI=1S/C18H26N2O4/c1-13-4-6-14(7-5-13)8-9-20-12-15(10-16(20)21)18(22)19-11-17(23-2)24-3/h4-7,15,17H,8-12H2,1-3H3,(H,19,22)/t15-/m1/s1. The zero-order chi connectivity index (χ0) is 17.5. The molecule has 0 saturated carbocycles. The first-order chi connectivity index (χ1) is 11.5. The lowest BCUT2D eigenvalue weighted by Crippen LogP contribution is -2.38. The van der Waals surface area contributed by atoms with E-state index >= 15 is 0 Å². The van der Waals surface area contributed by atoms with Crippen LogP contribution in [0.5, 0.6) is 0 Å². The Bertz CT molecular complexity index is 555. The monoisotopic (exact) mass is 334 g/mol. The Hall–Kier alpha value is -1.92. The molecule has 1 aromatic carbocycles. The maximum atomic E-state index is 12.2. The average molecular weight is 334 g/mol. The Balaban J connectivity index is 1.79. The number of aryl methyl sites for hydroxylation is 1. The SMILES string of the molecule is COC(CNC(=O)[C@@H]1CC(=O)N(CCc2ccc(C)cc2)C1)OC. The third-order valence-corrected chi connectivity index (χ3v) is 4.35. The Morgan fingerprint density at radius 3 is 2.58 bits per heavy atom. The van der Waals surface area contributed by atoms with E-state index in [9.17, 15) is 9.59 Å². The number of methoxy groups -OCH3 is 2. The summed E-state index contributed by atoms with van der Waals surface area (Å²) in [5, 5.41) is 2.78. The molecule has 0 unspecified atom stereocenters. The number of hydrogen-bond donors (Lipinski definition) is 1. The molecule has 1 saturated heterocycles. The zero-order valence-corrected chi connectivity index (χ0v) is 14.6. The maximum Gasteiger partial charge on any atom is 0.225 e. The minimum absolute atomic E-state index is 0.0392. The summed E-state index contributed by atoms with van der Waals surface area (Å²) in [5.74, 6) is -0.387. The number of benzene rings is 1. The molecular weight excluding hydrogens is 308 g/mol. The maximum absolute atomic E-state index is 12.2. The number of hydrogen-bond acceptors (Lipinski definition) is 4. The van der Waals surface area contributed by atoms with E-state index in [1.54, 1.807) is 4.90 Å². The number of nitrogens with one attached hydrogen (secondary N) is 1. The van der Waals surface area contributed by atoms with Crippen molar-refractivity contribution >= 4 is 11.8 Å². The van der Waals surface area contributed by atoms with Gasteiger partial charge in [0, 0.05) is 33.7 Å². The van der Waals surface area contributed by atoms with Crippen molar-refractivity contribution in [2.45, 2.75) is 26.1 Å². The highest BCUT2D eigenvalue weighted by atomic mass is 16.7. The van der Waals surface area contributed by atoms with Gasteiger partial charge in [-0.3, -0.25) is 9.59 Å². The summed E-state index contributed by atoms with van der Waals surface area (Å²) < 4.78 is 10.1. The van der Waals surface area contributed by atoms with E-state index in [1.165, 1.54) is 25.3 Å². The Kier molecular flexibility index (Phi) is 6.75. The molecule has 2 amide bonds. The van der Waals surface area contributed by atoms with Gasteiger partial charge >= 0.3 is 0 Å². The highest BCUT2D eigenvalue weighted by Crippen LogP contribution is 2.18. The molecule has 0 radical (unpaired) electrons. The average Bonchev–Trinajstić information content (AvgIpc) is 2.96. The molecule has 2 rings (SSSR count). The summed E-state index contributed by atoms with van der Waals surface area (Å²) in [5.41, 5.74) is 2.42. The van der Waals surface area contributed by atoms with Crippen LogP contribution in [0.1, 0.15) is 17.5 Å². The lowest BCUT2D eigenvalue weighted by Gasteiger charge is -2.18. The van der Waals surface area contributed by atoms with Gasteiger partial charge in [-0.2, -0.15) is 0 Å². The second kappa shape index (κ2) is 8.80. The first kappa shape index (κ1) is 18.4. The van der Waals surface area contributed by atoms with Crippen LogP contribution in [0.25, 0.3) is 0 Å². The summed E-state index contributed by atoms with van der Waals surface area (Å²) in [6.45, 7) is 3.44. The summed E-state index contributed by atoms with van der Waals surface area (Å²) in [6, 6.07) is 8.30. The molecule has 1 fully saturated rings. The summed E-state index contributed by atoms with van der Waals surface area (Å²) in [6.07, 6.45) is 0.601. The third kappa shape index (κ3) is 5.04. The fraction of sp³-hybridized carbons (Fsp3) is 0.556. The van der Waals surface area contributed by atoms with Gasteiger partial charge in [0.15, 0.2) is 6.29 Å². The molecule has 6 heteroatoms. The second-order valence-electron chi connectivity index (χ2n) is 6.12. The molecule has 0 spiro atoms. The van der Waals surface area contributed by atoms with Crippen LogP contribution in [0.15, 0.2) is 24.3 Å². The van der Waals surface area contributed by atoms with Crippen molar-refractivity contribution in [3.63, 3.8) is 0 Å². The van der Waals surface area contributed by atoms with Crippen LogP contribution in [0.2, 0.25) is 0 Å². The van der Waals surface area contributed by atoms with Crippen LogP contribution in [-0.4, -0.2) is 56.9 Å².